The van der Waals surface area contributed by atoms with Gasteiger partial charge in [-0.15, -0.1) is 0 Å². The summed E-state index contributed by atoms with van der Waals surface area (Å²) < 4.78 is 27.0. The number of halogens is 2. The molecule has 3 unspecified atom stereocenters. The van der Waals surface area contributed by atoms with Crippen molar-refractivity contribution >= 4 is 11.9 Å². The minimum Gasteiger partial charge on any atom is -0.479 e. The van der Waals surface area contributed by atoms with Crippen LogP contribution in [0.25, 0.3) is 0 Å². The second-order valence-corrected chi connectivity index (χ2v) is 6.53. The summed E-state index contributed by atoms with van der Waals surface area (Å²) in [5, 5.41) is 12.4. The molecule has 3 rings (SSSR count). The summed E-state index contributed by atoms with van der Waals surface area (Å²) >= 11 is 0. The summed E-state index contributed by atoms with van der Waals surface area (Å²) in [6, 6.07) is 11.8. The van der Waals surface area contributed by atoms with Crippen molar-refractivity contribution in [1.29, 1.82) is 0 Å². The number of benzene rings is 2. The standard InChI is InChI=1S/C20H19F2NO3/c1-2-20(19(25)26,12-6-4-3-5-7-12)23-18(24)16-11-15(16)14-9-8-13(21)10-17(14)22/h3-10,15-16H,2,11H2,1H3,(H,23,24)(H,25,26). The Morgan fingerprint density at radius 2 is 1.88 bits per heavy atom. The Kier molecular flexibility index (Phi) is 4.76. The van der Waals surface area contributed by atoms with Crippen LogP contribution in [0.1, 0.15) is 36.8 Å². The number of nitrogens with one attached hydrogen (secondary N) is 1. The quantitative estimate of drug-likeness (QED) is 0.829. The van der Waals surface area contributed by atoms with Crippen molar-refractivity contribution in [3.63, 3.8) is 0 Å². The van der Waals surface area contributed by atoms with Crippen LogP contribution in [0, 0.1) is 17.6 Å². The van der Waals surface area contributed by atoms with Crippen molar-refractivity contribution in [1.82, 2.24) is 5.32 Å². The largest absolute Gasteiger partial charge is 0.479 e. The van der Waals surface area contributed by atoms with E-state index in [2.05, 4.69) is 5.32 Å². The molecule has 3 atom stereocenters. The van der Waals surface area contributed by atoms with Gasteiger partial charge in [0.15, 0.2) is 5.54 Å². The summed E-state index contributed by atoms with van der Waals surface area (Å²) in [5.74, 6) is -3.84. The highest BCUT2D eigenvalue weighted by Gasteiger charge is 2.49. The van der Waals surface area contributed by atoms with Crippen molar-refractivity contribution in [2.45, 2.75) is 31.2 Å². The molecule has 0 saturated heterocycles. The molecule has 0 radical (unpaired) electrons. The molecule has 4 nitrogen and oxygen atoms in total. The maximum Gasteiger partial charge on any atom is 0.334 e. The second-order valence-electron chi connectivity index (χ2n) is 6.53. The van der Waals surface area contributed by atoms with Crippen LogP contribution in [0.4, 0.5) is 8.78 Å². The Morgan fingerprint density at radius 3 is 2.46 bits per heavy atom. The van der Waals surface area contributed by atoms with Gasteiger partial charge in [-0.1, -0.05) is 43.3 Å². The van der Waals surface area contributed by atoms with E-state index in [1.807, 2.05) is 0 Å². The molecule has 2 aromatic rings. The zero-order valence-electron chi connectivity index (χ0n) is 14.2. The Hall–Kier alpha value is -2.76. The van der Waals surface area contributed by atoms with Gasteiger partial charge in [0.05, 0.1) is 0 Å². The maximum atomic E-state index is 13.9. The number of carbonyl (C=O) groups excluding carboxylic acids is 1. The molecule has 1 amide bonds. The Bertz CT molecular complexity index is 840. The van der Waals surface area contributed by atoms with Gasteiger partial charge in [0.1, 0.15) is 11.6 Å². The van der Waals surface area contributed by atoms with Gasteiger partial charge in [-0.05, 0) is 36.0 Å². The molecule has 0 bridgehead atoms. The summed E-state index contributed by atoms with van der Waals surface area (Å²) in [4.78, 5) is 24.6. The minimum atomic E-state index is -1.53. The zero-order chi connectivity index (χ0) is 18.9. The fraction of sp³-hybridized carbons (Fsp3) is 0.300. The van der Waals surface area contributed by atoms with Gasteiger partial charge in [0, 0.05) is 12.0 Å². The van der Waals surface area contributed by atoms with Crippen molar-refractivity contribution in [3.8, 4) is 0 Å². The van der Waals surface area contributed by atoms with Crippen molar-refractivity contribution in [2.75, 3.05) is 0 Å². The predicted octanol–water partition coefficient (Wildman–Crippen LogP) is 3.57. The van der Waals surface area contributed by atoms with Crippen LogP contribution in [0.15, 0.2) is 48.5 Å². The first-order valence-corrected chi connectivity index (χ1v) is 8.45. The van der Waals surface area contributed by atoms with Crippen LogP contribution in [-0.2, 0) is 15.1 Å². The Morgan fingerprint density at radius 1 is 1.19 bits per heavy atom. The molecule has 0 spiro atoms. The number of rotatable bonds is 6. The molecule has 2 N–H and O–H groups in total. The molecule has 2 aromatic carbocycles. The van der Waals surface area contributed by atoms with Crippen molar-refractivity contribution in [3.05, 3.63) is 71.3 Å². The monoisotopic (exact) mass is 359 g/mol. The van der Waals surface area contributed by atoms with Gasteiger partial charge in [0.2, 0.25) is 5.91 Å². The lowest BCUT2D eigenvalue weighted by atomic mass is 9.87. The molecule has 26 heavy (non-hydrogen) atoms. The molecule has 1 aliphatic carbocycles. The third-order valence-electron chi connectivity index (χ3n) is 4.99. The summed E-state index contributed by atoms with van der Waals surface area (Å²) in [6.07, 6.45) is 0.572. The normalized spacial score (nSPS) is 20.9. The average molecular weight is 359 g/mol. The Balaban J connectivity index is 1.81. The molecular formula is C20H19F2NO3. The number of carboxylic acids is 1. The minimum absolute atomic E-state index is 0.167. The highest BCUT2D eigenvalue weighted by atomic mass is 19.1. The van der Waals surface area contributed by atoms with E-state index in [0.717, 1.165) is 12.1 Å². The third kappa shape index (κ3) is 3.19. The zero-order valence-corrected chi connectivity index (χ0v) is 14.2. The molecule has 6 heteroatoms. The fourth-order valence-corrected chi connectivity index (χ4v) is 3.35. The van der Waals surface area contributed by atoms with E-state index >= 15 is 0 Å². The molecule has 136 valence electrons. The van der Waals surface area contributed by atoms with Gasteiger partial charge >= 0.3 is 5.97 Å². The predicted molar refractivity (Wildman–Crippen MR) is 91.4 cm³/mol. The third-order valence-corrected chi connectivity index (χ3v) is 4.99. The van der Waals surface area contributed by atoms with Crippen LogP contribution in [0.3, 0.4) is 0 Å². The molecule has 1 aliphatic rings. The number of aliphatic carboxylic acids is 1. The number of carbonyl (C=O) groups is 2. The molecule has 0 aliphatic heterocycles. The van der Waals surface area contributed by atoms with Gasteiger partial charge in [-0.3, -0.25) is 4.79 Å². The van der Waals surface area contributed by atoms with E-state index in [1.165, 1.54) is 6.07 Å². The van der Waals surface area contributed by atoms with Gasteiger partial charge < -0.3 is 10.4 Å². The number of amides is 1. The Labute approximate surface area is 149 Å². The van der Waals surface area contributed by atoms with Gasteiger partial charge in [0.25, 0.3) is 0 Å². The van der Waals surface area contributed by atoms with Crippen molar-refractivity contribution in [2.24, 2.45) is 5.92 Å². The first-order chi connectivity index (χ1) is 12.4. The topological polar surface area (TPSA) is 66.4 Å². The first-order valence-electron chi connectivity index (χ1n) is 8.45. The van der Waals surface area contributed by atoms with E-state index in [-0.39, 0.29) is 17.9 Å². The fourth-order valence-electron chi connectivity index (χ4n) is 3.35. The van der Waals surface area contributed by atoms with E-state index < -0.39 is 35.0 Å². The molecule has 0 heterocycles. The molecular weight excluding hydrogens is 340 g/mol. The van der Waals surface area contributed by atoms with E-state index in [4.69, 9.17) is 0 Å². The smallest absolute Gasteiger partial charge is 0.334 e. The van der Waals surface area contributed by atoms with Crippen molar-refractivity contribution < 1.29 is 23.5 Å². The number of hydrogen-bond donors (Lipinski definition) is 2. The lowest BCUT2D eigenvalue weighted by molar-refractivity contribution is -0.148. The SMILES string of the molecule is CCC(NC(=O)C1CC1c1ccc(F)cc1F)(C(=O)O)c1ccccc1. The highest BCUT2D eigenvalue weighted by molar-refractivity contribution is 5.91. The van der Waals surface area contributed by atoms with Gasteiger partial charge in [-0.25, -0.2) is 13.6 Å². The number of hydrogen-bond acceptors (Lipinski definition) is 2. The van der Waals surface area contributed by atoms with Crippen LogP contribution in [0.5, 0.6) is 0 Å². The summed E-state index contributed by atoms with van der Waals surface area (Å²) in [7, 11) is 0. The molecule has 0 aromatic heterocycles. The lowest BCUT2D eigenvalue weighted by Gasteiger charge is -2.30. The maximum absolute atomic E-state index is 13.9. The molecule has 1 fully saturated rings. The average Bonchev–Trinajstić information content (AvgIpc) is 3.40. The van der Waals surface area contributed by atoms with E-state index in [1.54, 1.807) is 37.3 Å². The highest BCUT2D eigenvalue weighted by Crippen LogP contribution is 2.49. The number of carboxylic acid groups (broad SMARTS) is 1. The van der Waals surface area contributed by atoms with E-state index in [0.29, 0.717) is 12.0 Å². The van der Waals surface area contributed by atoms with Crippen LogP contribution in [0.2, 0.25) is 0 Å². The summed E-state index contributed by atoms with van der Waals surface area (Å²) in [5.41, 5.74) is -0.774. The first kappa shape index (κ1) is 18.0. The molecule has 1 saturated carbocycles. The van der Waals surface area contributed by atoms with Gasteiger partial charge in [-0.2, -0.15) is 0 Å². The van der Waals surface area contributed by atoms with Crippen LogP contribution < -0.4 is 5.32 Å². The second kappa shape index (κ2) is 6.86. The lowest BCUT2D eigenvalue weighted by Crippen LogP contribution is -2.52. The van der Waals surface area contributed by atoms with Crippen LogP contribution in [-0.4, -0.2) is 17.0 Å². The summed E-state index contributed by atoms with van der Waals surface area (Å²) in [6.45, 7) is 1.69. The van der Waals surface area contributed by atoms with Crippen LogP contribution >= 0.6 is 0 Å². The van der Waals surface area contributed by atoms with E-state index in [9.17, 15) is 23.5 Å².